The maximum Gasteiger partial charge on any atom is 0.416 e. The van der Waals surface area contributed by atoms with Crippen LogP contribution in [0.1, 0.15) is 52.7 Å². The van der Waals surface area contributed by atoms with Crippen molar-refractivity contribution in [2.45, 2.75) is 64.2 Å². The first-order valence-corrected chi connectivity index (χ1v) is 9.99. The van der Waals surface area contributed by atoms with Crippen molar-refractivity contribution in [1.29, 1.82) is 5.41 Å². The number of nitrogens with one attached hydrogen (secondary N) is 1. The first-order valence-electron chi connectivity index (χ1n) is 8.46. The molecule has 1 rings (SSSR count). The molecule has 0 aromatic heterocycles. The summed E-state index contributed by atoms with van der Waals surface area (Å²) in [7, 11) is 0.0279. The molecule has 157 valence electrons. The molecule has 0 bridgehead atoms. The smallest absolute Gasteiger partial charge is 0.416 e. The summed E-state index contributed by atoms with van der Waals surface area (Å²) in [6, 6.07) is 1.19. The number of rotatable bonds is 4. The first-order chi connectivity index (χ1) is 12.3. The van der Waals surface area contributed by atoms with E-state index in [1.165, 1.54) is 0 Å². The summed E-state index contributed by atoms with van der Waals surface area (Å²) < 4.78 is 82.6. The van der Waals surface area contributed by atoms with Gasteiger partial charge in [0.2, 0.25) is 0 Å². The second-order valence-corrected chi connectivity index (χ2v) is 12.3. The van der Waals surface area contributed by atoms with E-state index in [2.05, 4.69) is 0 Å². The van der Waals surface area contributed by atoms with Gasteiger partial charge in [0.15, 0.2) is 5.90 Å². The highest BCUT2D eigenvalue weighted by Crippen LogP contribution is 2.59. The molecule has 0 saturated heterocycles. The number of alkyl halides is 6. The van der Waals surface area contributed by atoms with E-state index < -0.39 is 36.9 Å². The molecule has 0 spiro atoms. The lowest BCUT2D eigenvalue weighted by Gasteiger charge is -2.41. The molecule has 0 heterocycles. The molecule has 0 aliphatic rings. The standard InChI is InChI=1S/C18H24BF6NOP/c1-15(2,3)28(16(4,5)6)10-14(26)27-19-13-8-11(17(20,21)22)7-12(9-13)18(23,24)25/h7-9,26H,10H2,1-6H3. The minimum atomic E-state index is -4.93. The molecule has 10 heteroatoms. The second-order valence-electron chi connectivity index (χ2n) is 8.43. The largest absolute Gasteiger partial charge is 0.548 e. The average molecular weight is 426 g/mol. The lowest BCUT2D eigenvalue weighted by Crippen LogP contribution is -2.31. The van der Waals surface area contributed by atoms with Crippen LogP contribution in [0.25, 0.3) is 0 Å². The molecule has 0 aliphatic carbocycles. The van der Waals surface area contributed by atoms with E-state index in [1.54, 1.807) is 0 Å². The highest BCUT2D eigenvalue weighted by molar-refractivity contribution is 7.61. The predicted octanol–water partition coefficient (Wildman–Crippen LogP) is 6.04. The Morgan fingerprint density at radius 1 is 0.857 bits per heavy atom. The van der Waals surface area contributed by atoms with Gasteiger partial charge in [0, 0.05) is 6.16 Å². The maximum absolute atomic E-state index is 12.9. The lowest BCUT2D eigenvalue weighted by molar-refractivity contribution is -0.142. The fraction of sp³-hybridized carbons (Fsp3) is 0.611. The summed E-state index contributed by atoms with van der Waals surface area (Å²) in [5.41, 5.74) is -3.24. The van der Waals surface area contributed by atoms with Crippen LogP contribution in [-0.2, 0) is 17.0 Å². The van der Waals surface area contributed by atoms with Crippen molar-refractivity contribution < 1.29 is 31.0 Å². The van der Waals surface area contributed by atoms with Gasteiger partial charge in [0.1, 0.15) is 0 Å². The Morgan fingerprint density at radius 2 is 1.25 bits per heavy atom. The normalized spacial score (nSPS) is 13.6. The fourth-order valence-corrected chi connectivity index (χ4v) is 6.17. The highest BCUT2D eigenvalue weighted by Gasteiger charge is 2.38. The minimum Gasteiger partial charge on any atom is -0.548 e. The van der Waals surface area contributed by atoms with E-state index in [4.69, 9.17) is 10.1 Å². The highest BCUT2D eigenvalue weighted by atomic mass is 31.1. The first kappa shape index (κ1) is 24.8. The van der Waals surface area contributed by atoms with E-state index >= 15 is 0 Å². The summed E-state index contributed by atoms with van der Waals surface area (Å²) in [6.45, 7) is 12.2. The SMILES string of the molecule is CC(C)(C)P(CC(=N)O[B]c1cc(C(F)(F)F)cc(C(F)(F)F)c1)C(C)(C)C. The van der Waals surface area contributed by atoms with E-state index in [0.717, 1.165) is 7.48 Å². The number of hydrogen-bond acceptors (Lipinski definition) is 2. The van der Waals surface area contributed by atoms with Crippen molar-refractivity contribution in [2.75, 3.05) is 6.16 Å². The van der Waals surface area contributed by atoms with Crippen molar-refractivity contribution in [3.63, 3.8) is 0 Å². The van der Waals surface area contributed by atoms with Crippen LogP contribution >= 0.6 is 7.92 Å². The summed E-state index contributed by atoms with van der Waals surface area (Å²) in [4.78, 5) is 0. The Bertz CT molecular complexity index is 658. The van der Waals surface area contributed by atoms with Gasteiger partial charge in [0.05, 0.1) is 11.1 Å². The third kappa shape index (κ3) is 7.30. The van der Waals surface area contributed by atoms with Crippen LogP contribution in [-0.4, -0.2) is 29.9 Å². The third-order valence-electron chi connectivity index (χ3n) is 3.87. The van der Waals surface area contributed by atoms with E-state index in [-0.39, 0.29) is 28.4 Å². The van der Waals surface area contributed by atoms with E-state index in [0.29, 0.717) is 12.1 Å². The molecule has 1 N–H and O–H groups in total. The molecule has 0 saturated carbocycles. The quantitative estimate of drug-likeness (QED) is 0.206. The van der Waals surface area contributed by atoms with Crippen molar-refractivity contribution in [3.8, 4) is 0 Å². The van der Waals surface area contributed by atoms with Crippen LogP contribution in [0.15, 0.2) is 18.2 Å². The van der Waals surface area contributed by atoms with Gasteiger partial charge in [0.25, 0.3) is 0 Å². The molecule has 1 radical (unpaired) electrons. The number of hydrogen-bond donors (Lipinski definition) is 1. The van der Waals surface area contributed by atoms with Gasteiger partial charge in [-0.25, -0.2) is 0 Å². The van der Waals surface area contributed by atoms with Crippen LogP contribution in [0.5, 0.6) is 0 Å². The molecule has 0 aliphatic heterocycles. The third-order valence-corrected chi connectivity index (χ3v) is 7.71. The van der Waals surface area contributed by atoms with Crippen molar-refractivity contribution in [3.05, 3.63) is 29.3 Å². The Hall–Kier alpha value is -1.24. The van der Waals surface area contributed by atoms with Crippen molar-refractivity contribution in [1.82, 2.24) is 0 Å². The second kappa shape index (κ2) is 8.25. The Morgan fingerprint density at radius 3 is 1.57 bits per heavy atom. The van der Waals surface area contributed by atoms with Crippen LogP contribution < -0.4 is 5.46 Å². The van der Waals surface area contributed by atoms with Crippen LogP contribution in [0.2, 0.25) is 0 Å². The van der Waals surface area contributed by atoms with Crippen LogP contribution in [0.4, 0.5) is 26.3 Å². The van der Waals surface area contributed by atoms with Gasteiger partial charge in [-0.15, -0.1) is 0 Å². The molecule has 1 aromatic rings. The number of halogens is 6. The molecular weight excluding hydrogens is 402 g/mol. The summed E-state index contributed by atoms with van der Waals surface area (Å²) in [6.07, 6.45) is -9.59. The van der Waals surface area contributed by atoms with Crippen LogP contribution in [0.3, 0.4) is 0 Å². The summed E-state index contributed by atoms with van der Waals surface area (Å²) in [5.74, 6) is -0.193. The minimum absolute atomic E-state index is 0.0567. The van der Waals surface area contributed by atoms with Crippen LogP contribution in [0, 0.1) is 5.41 Å². The predicted molar refractivity (Wildman–Crippen MR) is 102 cm³/mol. The van der Waals surface area contributed by atoms with Gasteiger partial charge in [-0.1, -0.05) is 61.6 Å². The fourth-order valence-electron chi connectivity index (χ4n) is 2.85. The molecular formula is C18H24BF6NOP. The molecule has 2 nitrogen and oxygen atoms in total. The Labute approximate surface area is 163 Å². The molecule has 0 atom stereocenters. The lowest BCUT2D eigenvalue weighted by atomic mass is 9.85. The van der Waals surface area contributed by atoms with E-state index in [1.807, 2.05) is 41.5 Å². The van der Waals surface area contributed by atoms with Gasteiger partial charge in [-0.2, -0.15) is 26.3 Å². The molecule has 0 fully saturated rings. The topological polar surface area (TPSA) is 33.1 Å². The summed E-state index contributed by atoms with van der Waals surface area (Å²) >= 11 is 0. The molecule has 0 amide bonds. The van der Waals surface area contributed by atoms with E-state index in [9.17, 15) is 26.3 Å². The van der Waals surface area contributed by atoms with Gasteiger partial charge in [-0.05, 0) is 21.8 Å². The Kier molecular flexibility index (Phi) is 7.31. The zero-order chi connectivity index (χ0) is 22.1. The molecule has 0 unspecified atom stereocenters. The monoisotopic (exact) mass is 426 g/mol. The summed E-state index contributed by atoms with van der Waals surface area (Å²) in [5, 5.41) is 7.78. The molecule has 1 aromatic carbocycles. The van der Waals surface area contributed by atoms with Gasteiger partial charge < -0.3 is 4.65 Å². The Balaban J connectivity index is 3.01. The maximum atomic E-state index is 12.9. The average Bonchev–Trinajstić information content (AvgIpc) is 2.46. The zero-order valence-electron chi connectivity index (χ0n) is 16.6. The van der Waals surface area contributed by atoms with Crippen molar-refractivity contribution in [2.24, 2.45) is 0 Å². The van der Waals surface area contributed by atoms with Crippen molar-refractivity contribution >= 4 is 26.8 Å². The number of benzene rings is 1. The molecule has 28 heavy (non-hydrogen) atoms. The van der Waals surface area contributed by atoms with Gasteiger partial charge in [-0.3, -0.25) is 5.41 Å². The zero-order valence-corrected chi connectivity index (χ0v) is 17.5. The van der Waals surface area contributed by atoms with Gasteiger partial charge >= 0.3 is 19.8 Å².